The number of rotatable bonds is 2. The van der Waals surface area contributed by atoms with Crippen LogP contribution in [0.1, 0.15) is 21.5 Å². The first-order valence-electron chi connectivity index (χ1n) is 6.66. The summed E-state index contributed by atoms with van der Waals surface area (Å²) < 4.78 is 13.1. The highest BCUT2D eigenvalue weighted by atomic mass is 19.1. The van der Waals surface area contributed by atoms with Crippen molar-refractivity contribution in [2.75, 3.05) is 5.73 Å². The van der Waals surface area contributed by atoms with Crippen LogP contribution in [0.15, 0.2) is 54.6 Å². The summed E-state index contributed by atoms with van der Waals surface area (Å²) in [5.74, 6) is -0.637. The van der Waals surface area contributed by atoms with Gasteiger partial charge in [0.2, 0.25) is 0 Å². The van der Waals surface area contributed by atoms with Crippen LogP contribution in [0, 0.1) is 12.7 Å². The van der Waals surface area contributed by atoms with E-state index in [1.54, 1.807) is 6.07 Å². The Morgan fingerprint density at radius 1 is 0.952 bits per heavy atom. The predicted molar refractivity (Wildman–Crippen MR) is 82.9 cm³/mol. The van der Waals surface area contributed by atoms with Crippen LogP contribution in [0.2, 0.25) is 0 Å². The second kappa shape index (κ2) is 5.02. The Morgan fingerprint density at radius 3 is 2.33 bits per heavy atom. The van der Waals surface area contributed by atoms with Crippen molar-refractivity contribution < 1.29 is 9.18 Å². The molecule has 0 bridgehead atoms. The molecule has 0 heterocycles. The van der Waals surface area contributed by atoms with Crippen LogP contribution in [0.4, 0.5) is 10.1 Å². The lowest BCUT2D eigenvalue weighted by Crippen LogP contribution is -2.06. The zero-order valence-corrected chi connectivity index (χ0v) is 11.6. The minimum Gasteiger partial charge on any atom is -0.398 e. The highest BCUT2D eigenvalue weighted by molar-refractivity contribution is 6.18. The van der Waals surface area contributed by atoms with Crippen molar-refractivity contribution in [1.82, 2.24) is 0 Å². The fourth-order valence-corrected chi connectivity index (χ4v) is 2.53. The molecule has 0 spiro atoms. The number of hydrogen-bond donors (Lipinski definition) is 1. The molecule has 2 N–H and O–H groups in total. The van der Waals surface area contributed by atoms with Gasteiger partial charge < -0.3 is 5.73 Å². The Labute approximate surface area is 122 Å². The molecule has 3 heteroatoms. The van der Waals surface area contributed by atoms with Crippen molar-refractivity contribution in [3.05, 3.63) is 77.1 Å². The van der Waals surface area contributed by atoms with Gasteiger partial charge in [-0.25, -0.2) is 4.39 Å². The number of ketones is 1. The molecule has 21 heavy (non-hydrogen) atoms. The average molecular weight is 279 g/mol. The molecule has 3 aromatic rings. The molecule has 0 fully saturated rings. The minimum atomic E-state index is -0.446. The number of hydrogen-bond acceptors (Lipinski definition) is 2. The second-order valence-electron chi connectivity index (χ2n) is 5.04. The number of halogens is 1. The van der Waals surface area contributed by atoms with E-state index in [-0.39, 0.29) is 11.5 Å². The number of nitrogen functional groups attached to an aromatic ring is 1. The molecule has 3 aromatic carbocycles. The first-order chi connectivity index (χ1) is 10.1. The van der Waals surface area contributed by atoms with Gasteiger partial charge in [0.1, 0.15) is 5.82 Å². The molecule has 2 nitrogen and oxygen atoms in total. The second-order valence-corrected chi connectivity index (χ2v) is 5.04. The number of nitrogens with two attached hydrogens (primary N) is 1. The standard InChI is InChI=1S/C18H14FNO/c1-11-6-8-15(14-5-3-2-4-13(11)14)18(21)16-9-7-12(19)10-17(16)20/h2-10H,20H2,1H3. The molecule has 0 aliphatic rings. The van der Waals surface area contributed by atoms with E-state index in [1.165, 1.54) is 18.2 Å². The molecule has 0 aromatic heterocycles. The molecule has 0 aliphatic heterocycles. The predicted octanol–water partition coefficient (Wildman–Crippen LogP) is 4.10. The van der Waals surface area contributed by atoms with Crippen molar-refractivity contribution in [2.24, 2.45) is 0 Å². The average Bonchev–Trinajstić information content (AvgIpc) is 2.47. The number of anilines is 1. The summed E-state index contributed by atoms with van der Waals surface area (Å²) in [5, 5.41) is 1.91. The number of fused-ring (bicyclic) bond motifs is 1. The summed E-state index contributed by atoms with van der Waals surface area (Å²) in [5.41, 5.74) is 7.94. The van der Waals surface area contributed by atoms with Gasteiger partial charge in [-0.1, -0.05) is 36.4 Å². The van der Waals surface area contributed by atoms with Gasteiger partial charge in [0.15, 0.2) is 5.78 Å². The zero-order valence-electron chi connectivity index (χ0n) is 11.6. The highest BCUT2D eigenvalue weighted by Crippen LogP contribution is 2.26. The summed E-state index contributed by atoms with van der Waals surface area (Å²) in [6.45, 7) is 2.00. The Morgan fingerprint density at radius 2 is 1.62 bits per heavy atom. The lowest BCUT2D eigenvalue weighted by atomic mass is 9.94. The topological polar surface area (TPSA) is 43.1 Å². The molecule has 104 valence electrons. The van der Waals surface area contributed by atoms with Crippen LogP contribution in [0.5, 0.6) is 0 Å². The smallest absolute Gasteiger partial charge is 0.195 e. The third-order valence-electron chi connectivity index (χ3n) is 3.64. The van der Waals surface area contributed by atoms with E-state index in [4.69, 9.17) is 5.73 Å². The number of aryl methyl sites for hydroxylation is 1. The van der Waals surface area contributed by atoms with Gasteiger partial charge in [0, 0.05) is 16.8 Å². The van der Waals surface area contributed by atoms with Crippen LogP contribution in [-0.2, 0) is 0 Å². The van der Waals surface area contributed by atoms with Gasteiger partial charge in [-0.2, -0.15) is 0 Å². The first-order valence-corrected chi connectivity index (χ1v) is 6.66. The van der Waals surface area contributed by atoms with Gasteiger partial charge in [-0.05, 0) is 41.5 Å². The third-order valence-corrected chi connectivity index (χ3v) is 3.64. The van der Waals surface area contributed by atoms with Gasteiger partial charge in [-0.15, -0.1) is 0 Å². The van der Waals surface area contributed by atoms with Gasteiger partial charge >= 0.3 is 0 Å². The van der Waals surface area contributed by atoms with E-state index in [0.29, 0.717) is 11.1 Å². The summed E-state index contributed by atoms with van der Waals surface area (Å²) in [6, 6.07) is 15.3. The summed E-state index contributed by atoms with van der Waals surface area (Å²) >= 11 is 0. The fraction of sp³-hybridized carbons (Fsp3) is 0.0556. The Balaban J connectivity index is 2.21. The fourth-order valence-electron chi connectivity index (χ4n) is 2.53. The van der Waals surface area contributed by atoms with Gasteiger partial charge in [0.05, 0.1) is 0 Å². The number of carbonyl (C=O) groups excluding carboxylic acids is 1. The van der Waals surface area contributed by atoms with E-state index in [0.717, 1.165) is 16.3 Å². The SMILES string of the molecule is Cc1ccc(C(=O)c2ccc(F)cc2N)c2ccccc12. The lowest BCUT2D eigenvalue weighted by molar-refractivity contribution is 0.104. The van der Waals surface area contributed by atoms with Crippen molar-refractivity contribution >= 4 is 22.2 Å². The molecule has 0 radical (unpaired) electrons. The van der Waals surface area contributed by atoms with E-state index in [1.807, 2.05) is 37.3 Å². The monoisotopic (exact) mass is 279 g/mol. The molecule has 3 rings (SSSR count). The maximum absolute atomic E-state index is 13.1. The molecule has 0 saturated heterocycles. The lowest BCUT2D eigenvalue weighted by Gasteiger charge is -2.10. The Hall–Kier alpha value is -2.68. The van der Waals surface area contributed by atoms with Crippen LogP contribution in [0.25, 0.3) is 10.8 Å². The minimum absolute atomic E-state index is 0.157. The molecular formula is C18H14FNO. The largest absolute Gasteiger partial charge is 0.398 e. The molecule has 0 unspecified atom stereocenters. The Kier molecular flexibility index (Phi) is 3.18. The van der Waals surface area contributed by atoms with Gasteiger partial charge in [0.25, 0.3) is 0 Å². The summed E-state index contributed by atoms with van der Waals surface area (Å²) in [6.07, 6.45) is 0. The normalized spacial score (nSPS) is 10.8. The zero-order chi connectivity index (χ0) is 15.0. The van der Waals surface area contributed by atoms with E-state index >= 15 is 0 Å². The van der Waals surface area contributed by atoms with Crippen LogP contribution >= 0.6 is 0 Å². The Bertz CT molecular complexity index is 855. The van der Waals surface area contributed by atoms with Crippen molar-refractivity contribution in [3.63, 3.8) is 0 Å². The van der Waals surface area contributed by atoms with Crippen molar-refractivity contribution in [1.29, 1.82) is 0 Å². The highest BCUT2D eigenvalue weighted by Gasteiger charge is 2.16. The molecule has 0 amide bonds. The molecule has 0 saturated carbocycles. The van der Waals surface area contributed by atoms with Crippen LogP contribution in [-0.4, -0.2) is 5.78 Å². The number of carbonyl (C=O) groups is 1. The van der Waals surface area contributed by atoms with E-state index < -0.39 is 5.82 Å². The maximum Gasteiger partial charge on any atom is 0.195 e. The third kappa shape index (κ3) is 2.27. The maximum atomic E-state index is 13.1. The summed E-state index contributed by atoms with van der Waals surface area (Å²) in [7, 11) is 0. The first kappa shape index (κ1) is 13.3. The van der Waals surface area contributed by atoms with Crippen molar-refractivity contribution in [2.45, 2.75) is 6.92 Å². The number of benzene rings is 3. The molecule has 0 atom stereocenters. The quantitative estimate of drug-likeness (QED) is 0.567. The van der Waals surface area contributed by atoms with Crippen LogP contribution < -0.4 is 5.73 Å². The van der Waals surface area contributed by atoms with Crippen molar-refractivity contribution in [3.8, 4) is 0 Å². The van der Waals surface area contributed by atoms with Gasteiger partial charge in [-0.3, -0.25) is 4.79 Å². The molecule has 0 aliphatic carbocycles. The summed E-state index contributed by atoms with van der Waals surface area (Å²) in [4.78, 5) is 12.7. The van der Waals surface area contributed by atoms with Crippen LogP contribution in [0.3, 0.4) is 0 Å². The van der Waals surface area contributed by atoms with E-state index in [2.05, 4.69) is 0 Å². The van der Waals surface area contributed by atoms with E-state index in [9.17, 15) is 9.18 Å². The molecular weight excluding hydrogens is 265 g/mol.